The molecule has 0 fully saturated rings. The first-order chi connectivity index (χ1) is 9.20. The van der Waals surface area contributed by atoms with Crippen molar-refractivity contribution in [2.45, 2.75) is 13.2 Å². The van der Waals surface area contributed by atoms with Gasteiger partial charge in [-0.2, -0.15) is 0 Å². The Morgan fingerprint density at radius 2 is 2.00 bits per heavy atom. The SMILES string of the molecule is O=[N+]([O-])c1ccc(OCc2ccncc2)c(CO)c1. The summed E-state index contributed by atoms with van der Waals surface area (Å²) in [5, 5.41) is 19.8. The average molecular weight is 260 g/mol. The molecule has 0 saturated carbocycles. The molecule has 1 aromatic heterocycles. The fourth-order valence-corrected chi connectivity index (χ4v) is 1.58. The van der Waals surface area contributed by atoms with Gasteiger partial charge in [-0.3, -0.25) is 15.1 Å². The van der Waals surface area contributed by atoms with E-state index in [1.807, 2.05) is 12.1 Å². The quantitative estimate of drug-likeness (QED) is 0.657. The second-order valence-electron chi connectivity index (χ2n) is 3.85. The molecule has 0 atom stereocenters. The lowest BCUT2D eigenvalue weighted by molar-refractivity contribution is -0.385. The van der Waals surface area contributed by atoms with Crippen LogP contribution in [0.4, 0.5) is 5.69 Å². The first-order valence-corrected chi connectivity index (χ1v) is 5.60. The third kappa shape index (κ3) is 3.26. The molecular formula is C13H12N2O4. The third-order valence-electron chi connectivity index (χ3n) is 2.57. The molecule has 0 aliphatic rings. The standard InChI is InChI=1S/C13H12N2O4/c16-8-11-7-12(15(17)18)1-2-13(11)19-9-10-3-5-14-6-4-10/h1-7,16H,8-9H2. The number of pyridine rings is 1. The molecule has 0 aliphatic heterocycles. The van der Waals surface area contributed by atoms with E-state index in [0.29, 0.717) is 17.9 Å². The molecule has 6 heteroatoms. The minimum absolute atomic E-state index is 0.0692. The number of benzene rings is 1. The highest BCUT2D eigenvalue weighted by Crippen LogP contribution is 2.24. The van der Waals surface area contributed by atoms with E-state index >= 15 is 0 Å². The predicted molar refractivity (Wildman–Crippen MR) is 67.6 cm³/mol. The van der Waals surface area contributed by atoms with Crippen molar-refractivity contribution in [1.29, 1.82) is 0 Å². The lowest BCUT2D eigenvalue weighted by Gasteiger charge is -2.09. The van der Waals surface area contributed by atoms with E-state index in [2.05, 4.69) is 4.98 Å². The number of non-ortho nitro benzene ring substituents is 1. The molecule has 0 saturated heterocycles. The molecule has 1 aromatic carbocycles. The summed E-state index contributed by atoms with van der Waals surface area (Å²) in [7, 11) is 0. The van der Waals surface area contributed by atoms with Crippen LogP contribution in [0.3, 0.4) is 0 Å². The fraction of sp³-hybridized carbons (Fsp3) is 0.154. The topological polar surface area (TPSA) is 85.5 Å². The molecule has 0 unspecified atom stereocenters. The van der Waals surface area contributed by atoms with E-state index in [1.54, 1.807) is 12.4 Å². The van der Waals surface area contributed by atoms with E-state index in [9.17, 15) is 15.2 Å². The number of nitro groups is 1. The van der Waals surface area contributed by atoms with E-state index < -0.39 is 4.92 Å². The maximum absolute atomic E-state index is 10.6. The number of aliphatic hydroxyl groups is 1. The zero-order valence-electron chi connectivity index (χ0n) is 10.0. The summed E-state index contributed by atoms with van der Waals surface area (Å²) in [6.07, 6.45) is 3.31. The van der Waals surface area contributed by atoms with Gasteiger partial charge in [0.05, 0.1) is 11.5 Å². The number of rotatable bonds is 5. The second kappa shape index (κ2) is 5.92. The molecule has 0 radical (unpaired) electrons. The first kappa shape index (κ1) is 13.0. The number of nitro benzene ring substituents is 1. The van der Waals surface area contributed by atoms with Crippen LogP contribution in [0.1, 0.15) is 11.1 Å². The molecule has 1 heterocycles. The minimum Gasteiger partial charge on any atom is -0.489 e. The molecule has 2 rings (SSSR count). The number of hydrogen-bond donors (Lipinski definition) is 1. The van der Waals surface area contributed by atoms with Gasteiger partial charge in [0.2, 0.25) is 0 Å². The summed E-state index contributed by atoms with van der Waals surface area (Å²) in [5.74, 6) is 0.435. The van der Waals surface area contributed by atoms with Gasteiger partial charge in [-0.15, -0.1) is 0 Å². The molecule has 1 N–H and O–H groups in total. The number of aliphatic hydroxyl groups excluding tert-OH is 1. The zero-order chi connectivity index (χ0) is 13.7. The zero-order valence-corrected chi connectivity index (χ0v) is 10.0. The Kier molecular flexibility index (Phi) is 4.04. The van der Waals surface area contributed by atoms with Crippen molar-refractivity contribution >= 4 is 5.69 Å². The van der Waals surface area contributed by atoms with Crippen LogP contribution in [0.2, 0.25) is 0 Å². The van der Waals surface area contributed by atoms with Crippen molar-refractivity contribution in [1.82, 2.24) is 4.98 Å². The van der Waals surface area contributed by atoms with Crippen LogP contribution >= 0.6 is 0 Å². The first-order valence-electron chi connectivity index (χ1n) is 5.60. The van der Waals surface area contributed by atoms with Crippen LogP contribution in [-0.4, -0.2) is 15.0 Å². The Balaban J connectivity index is 2.14. The van der Waals surface area contributed by atoms with Gasteiger partial charge in [0.15, 0.2) is 0 Å². The number of aromatic nitrogens is 1. The van der Waals surface area contributed by atoms with Crippen LogP contribution in [0, 0.1) is 10.1 Å². The summed E-state index contributed by atoms with van der Waals surface area (Å²) in [6.45, 7) is 0.000684. The second-order valence-corrected chi connectivity index (χ2v) is 3.85. The molecule has 98 valence electrons. The van der Waals surface area contributed by atoms with E-state index in [4.69, 9.17) is 4.74 Å². The molecule has 0 spiro atoms. The molecule has 19 heavy (non-hydrogen) atoms. The highest BCUT2D eigenvalue weighted by Gasteiger charge is 2.11. The highest BCUT2D eigenvalue weighted by atomic mass is 16.6. The van der Waals surface area contributed by atoms with Crippen LogP contribution < -0.4 is 4.74 Å². The Morgan fingerprint density at radius 1 is 1.26 bits per heavy atom. The molecule has 2 aromatic rings. The summed E-state index contributed by atoms with van der Waals surface area (Å²) >= 11 is 0. The van der Waals surface area contributed by atoms with Crippen LogP contribution in [0.5, 0.6) is 5.75 Å². The largest absolute Gasteiger partial charge is 0.489 e. The third-order valence-corrected chi connectivity index (χ3v) is 2.57. The minimum atomic E-state index is -0.508. The van der Waals surface area contributed by atoms with Gasteiger partial charge in [0.25, 0.3) is 5.69 Å². The number of nitrogens with zero attached hydrogens (tertiary/aromatic N) is 2. The van der Waals surface area contributed by atoms with Gasteiger partial charge >= 0.3 is 0 Å². The Bertz CT molecular complexity index is 572. The Labute approximate surface area is 109 Å². The highest BCUT2D eigenvalue weighted by molar-refractivity contribution is 5.43. The van der Waals surface area contributed by atoms with Crippen molar-refractivity contribution in [3.05, 3.63) is 64.0 Å². The molecule has 0 amide bonds. The molecule has 0 aliphatic carbocycles. The van der Waals surface area contributed by atoms with Gasteiger partial charge in [-0.1, -0.05) is 0 Å². The van der Waals surface area contributed by atoms with Gasteiger partial charge in [-0.25, -0.2) is 0 Å². The van der Waals surface area contributed by atoms with Crippen LogP contribution in [-0.2, 0) is 13.2 Å². The summed E-state index contributed by atoms with van der Waals surface area (Å²) < 4.78 is 5.54. The predicted octanol–water partition coefficient (Wildman–Crippen LogP) is 2.06. The van der Waals surface area contributed by atoms with E-state index in [0.717, 1.165) is 5.56 Å². The lowest BCUT2D eigenvalue weighted by Crippen LogP contribution is -2.00. The Morgan fingerprint density at radius 3 is 2.63 bits per heavy atom. The van der Waals surface area contributed by atoms with Crippen molar-refractivity contribution in [2.75, 3.05) is 0 Å². The normalized spacial score (nSPS) is 10.2. The van der Waals surface area contributed by atoms with E-state index in [-0.39, 0.29) is 12.3 Å². The van der Waals surface area contributed by atoms with E-state index in [1.165, 1.54) is 18.2 Å². The van der Waals surface area contributed by atoms with Crippen molar-refractivity contribution in [3.63, 3.8) is 0 Å². The molecular weight excluding hydrogens is 248 g/mol. The fourth-order valence-electron chi connectivity index (χ4n) is 1.58. The van der Waals surface area contributed by atoms with Gasteiger partial charge in [0.1, 0.15) is 12.4 Å². The smallest absolute Gasteiger partial charge is 0.270 e. The average Bonchev–Trinajstić information content (AvgIpc) is 2.45. The monoisotopic (exact) mass is 260 g/mol. The van der Waals surface area contributed by atoms with Crippen molar-refractivity contribution < 1.29 is 14.8 Å². The maximum atomic E-state index is 10.6. The lowest BCUT2D eigenvalue weighted by atomic mass is 10.2. The van der Waals surface area contributed by atoms with Gasteiger partial charge < -0.3 is 9.84 Å². The van der Waals surface area contributed by atoms with Crippen LogP contribution in [0.15, 0.2) is 42.7 Å². The number of ether oxygens (including phenoxy) is 1. The van der Waals surface area contributed by atoms with Crippen LogP contribution in [0.25, 0.3) is 0 Å². The molecule has 0 bridgehead atoms. The van der Waals surface area contributed by atoms with Gasteiger partial charge in [-0.05, 0) is 23.8 Å². The van der Waals surface area contributed by atoms with Crippen molar-refractivity contribution in [2.24, 2.45) is 0 Å². The van der Waals surface area contributed by atoms with Crippen molar-refractivity contribution in [3.8, 4) is 5.75 Å². The maximum Gasteiger partial charge on any atom is 0.270 e. The summed E-state index contributed by atoms with van der Waals surface area (Å²) in [5.41, 5.74) is 1.25. The number of hydrogen-bond acceptors (Lipinski definition) is 5. The summed E-state index contributed by atoms with van der Waals surface area (Å²) in [4.78, 5) is 14.0. The van der Waals surface area contributed by atoms with Gasteiger partial charge in [0, 0.05) is 30.1 Å². The Hall–Kier alpha value is -2.47. The molecule has 6 nitrogen and oxygen atoms in total. The summed E-state index contributed by atoms with van der Waals surface area (Å²) in [6, 6.07) is 7.77.